The van der Waals surface area contributed by atoms with E-state index in [1.165, 1.54) is 30.8 Å². The van der Waals surface area contributed by atoms with E-state index in [1.54, 1.807) is 4.52 Å². The third-order valence-corrected chi connectivity index (χ3v) is 8.19. The largest absolute Gasteiger partial charge is 0.266 e. The zero-order valence-electron chi connectivity index (χ0n) is 19.7. The van der Waals surface area contributed by atoms with Crippen molar-refractivity contribution in [1.82, 2.24) is 29.1 Å². The number of fused-ring (bicyclic) bond motifs is 1. The summed E-state index contributed by atoms with van der Waals surface area (Å²) in [6, 6.07) is 7.09. The molecule has 1 aliphatic rings. The summed E-state index contributed by atoms with van der Waals surface area (Å²) in [5, 5.41) is 18.8. The zero-order valence-corrected chi connectivity index (χ0v) is 21.4. The average molecular weight is 526 g/mol. The molecule has 4 aromatic heterocycles. The molecule has 0 atom stereocenters. The van der Waals surface area contributed by atoms with E-state index in [9.17, 15) is 18.1 Å². The van der Waals surface area contributed by atoms with Crippen LogP contribution in [-0.4, -0.2) is 45.1 Å². The van der Waals surface area contributed by atoms with E-state index in [-0.39, 0.29) is 17.1 Å². The van der Waals surface area contributed by atoms with E-state index >= 15 is 0 Å². The molecule has 0 amide bonds. The third kappa shape index (κ3) is 4.86. The highest BCUT2D eigenvalue weighted by Crippen LogP contribution is 2.37. The van der Waals surface area contributed by atoms with Crippen LogP contribution in [0.3, 0.4) is 0 Å². The van der Waals surface area contributed by atoms with Crippen molar-refractivity contribution in [1.29, 1.82) is 5.26 Å². The maximum atomic E-state index is 14.4. The molecule has 1 aliphatic carbocycles. The van der Waals surface area contributed by atoms with Gasteiger partial charge in [-0.15, -0.1) is 0 Å². The summed E-state index contributed by atoms with van der Waals surface area (Å²) in [4.78, 5) is 4.82. The van der Waals surface area contributed by atoms with Gasteiger partial charge in [0.15, 0.2) is 5.82 Å². The fraction of sp³-hybridized carbons (Fsp3) is 0.333. The first-order valence-corrected chi connectivity index (χ1v) is 14.2. The molecule has 0 saturated heterocycles. The van der Waals surface area contributed by atoms with Crippen LogP contribution in [-0.2, 0) is 10.0 Å². The highest BCUT2D eigenvalue weighted by molar-refractivity contribution is 7.99. The van der Waals surface area contributed by atoms with Gasteiger partial charge in [0.1, 0.15) is 11.1 Å². The predicted molar refractivity (Wildman–Crippen MR) is 133 cm³/mol. The summed E-state index contributed by atoms with van der Waals surface area (Å²) >= 11 is 1.15. The van der Waals surface area contributed by atoms with Crippen molar-refractivity contribution in [3.63, 3.8) is 0 Å². The summed E-state index contributed by atoms with van der Waals surface area (Å²) in [7, 11) is -3.22. The van der Waals surface area contributed by atoms with Crippen LogP contribution < -0.4 is 4.72 Å². The number of pyridine rings is 2. The molecule has 186 valence electrons. The number of hydrogen-bond donors (Lipinski definition) is 1. The monoisotopic (exact) mass is 525 g/mol. The van der Waals surface area contributed by atoms with Crippen molar-refractivity contribution in [2.24, 2.45) is 0 Å². The Bertz CT molecular complexity index is 1580. The summed E-state index contributed by atoms with van der Waals surface area (Å²) in [6.07, 6.45) is 11.0. The van der Waals surface area contributed by atoms with Crippen molar-refractivity contribution >= 4 is 27.3 Å². The lowest BCUT2D eigenvalue weighted by atomic mass is 9.91. The summed E-state index contributed by atoms with van der Waals surface area (Å²) in [5.74, 6) is -0.436. The molecule has 4 heterocycles. The molecule has 1 saturated carbocycles. The minimum absolute atomic E-state index is 0.0466. The molecule has 0 bridgehead atoms. The molecule has 5 rings (SSSR count). The van der Waals surface area contributed by atoms with Gasteiger partial charge >= 0.3 is 0 Å². The SMILES string of the molecule is Cc1c(-c2cc(Sc3ncccc3F)c3c(C#N)cnn3c2)cnn1[C@H]1CC[C@@H](NS(C)(=O)=O)CC1. The van der Waals surface area contributed by atoms with Gasteiger partial charge in [-0.1, -0.05) is 11.8 Å². The molecule has 0 radical (unpaired) electrons. The second-order valence-electron chi connectivity index (χ2n) is 8.93. The Morgan fingerprint density at radius 1 is 1.22 bits per heavy atom. The summed E-state index contributed by atoms with van der Waals surface area (Å²) < 4.78 is 43.8. The number of sulfonamides is 1. The van der Waals surface area contributed by atoms with Crippen LogP contribution in [0.4, 0.5) is 4.39 Å². The minimum atomic E-state index is -3.22. The van der Waals surface area contributed by atoms with Crippen molar-refractivity contribution < 1.29 is 12.8 Å². The van der Waals surface area contributed by atoms with Gasteiger partial charge in [-0.05, 0) is 50.8 Å². The van der Waals surface area contributed by atoms with Crippen molar-refractivity contribution in [3.8, 4) is 17.2 Å². The lowest BCUT2D eigenvalue weighted by Gasteiger charge is -2.29. The highest BCUT2D eigenvalue weighted by atomic mass is 32.2. The van der Waals surface area contributed by atoms with Gasteiger partial charge in [0.25, 0.3) is 0 Å². The molecule has 1 fully saturated rings. The average Bonchev–Trinajstić information content (AvgIpc) is 3.43. The first kappa shape index (κ1) is 24.4. The van der Waals surface area contributed by atoms with Gasteiger partial charge in [0.05, 0.1) is 35.8 Å². The molecule has 12 heteroatoms. The van der Waals surface area contributed by atoms with Crippen LogP contribution in [0, 0.1) is 24.1 Å². The van der Waals surface area contributed by atoms with Gasteiger partial charge in [-0.3, -0.25) is 4.68 Å². The molecule has 0 aromatic carbocycles. The van der Waals surface area contributed by atoms with Crippen LogP contribution in [0.15, 0.2) is 52.9 Å². The number of nitrogens with one attached hydrogen (secondary N) is 1. The van der Waals surface area contributed by atoms with E-state index in [0.717, 1.165) is 54.3 Å². The van der Waals surface area contributed by atoms with Crippen molar-refractivity contribution in [2.45, 2.75) is 54.6 Å². The normalized spacial score (nSPS) is 18.4. The molecular weight excluding hydrogens is 501 g/mol. The molecule has 4 aromatic rings. The Labute approximate surface area is 212 Å². The second-order valence-corrected chi connectivity index (χ2v) is 11.7. The number of rotatable bonds is 6. The second kappa shape index (κ2) is 9.65. The van der Waals surface area contributed by atoms with Gasteiger partial charge in [-0.2, -0.15) is 15.5 Å². The summed E-state index contributed by atoms with van der Waals surface area (Å²) in [5.41, 5.74) is 3.71. The number of aromatic nitrogens is 5. The Balaban J connectivity index is 1.48. The minimum Gasteiger partial charge on any atom is -0.266 e. The summed E-state index contributed by atoms with van der Waals surface area (Å²) in [6.45, 7) is 2.00. The fourth-order valence-electron chi connectivity index (χ4n) is 4.76. The number of nitriles is 1. The Hall–Kier alpha value is -3.27. The lowest BCUT2D eigenvalue weighted by Crippen LogP contribution is -2.37. The maximum absolute atomic E-state index is 14.4. The van der Waals surface area contributed by atoms with Gasteiger partial charge < -0.3 is 0 Å². The molecule has 0 aliphatic heterocycles. The van der Waals surface area contributed by atoms with Crippen molar-refractivity contribution in [2.75, 3.05) is 6.26 Å². The Kier molecular flexibility index (Phi) is 6.55. The van der Waals surface area contributed by atoms with Gasteiger partial charge in [0.2, 0.25) is 10.0 Å². The van der Waals surface area contributed by atoms with Crippen LogP contribution in [0.2, 0.25) is 0 Å². The first-order chi connectivity index (χ1) is 17.2. The van der Waals surface area contributed by atoms with Gasteiger partial charge in [0, 0.05) is 40.2 Å². The van der Waals surface area contributed by atoms with E-state index in [2.05, 4.69) is 26.0 Å². The standard InChI is InChI=1S/C24H24FN7O2S2/c1-15-20(13-29-32(15)19-7-5-18(6-8-19)30-36(2,33)34)16-10-22(35-24-21(25)4-3-9-27-24)23-17(11-26)12-28-31(23)14-16/h3-4,9-10,12-14,18-19,30H,5-8H2,1-2H3/t18-,19+. The maximum Gasteiger partial charge on any atom is 0.208 e. The van der Waals surface area contributed by atoms with Crippen LogP contribution in [0.25, 0.3) is 16.6 Å². The Morgan fingerprint density at radius 3 is 2.69 bits per heavy atom. The van der Waals surface area contributed by atoms with E-state index in [4.69, 9.17) is 0 Å². The van der Waals surface area contributed by atoms with E-state index < -0.39 is 15.8 Å². The highest BCUT2D eigenvalue weighted by Gasteiger charge is 2.26. The van der Waals surface area contributed by atoms with Crippen molar-refractivity contribution in [3.05, 3.63) is 60.1 Å². The topological polar surface area (TPSA) is 118 Å². The molecule has 36 heavy (non-hydrogen) atoms. The number of nitrogens with zero attached hydrogens (tertiary/aromatic N) is 6. The first-order valence-electron chi connectivity index (χ1n) is 11.4. The van der Waals surface area contributed by atoms with Crippen LogP contribution >= 0.6 is 11.8 Å². The van der Waals surface area contributed by atoms with E-state index in [1.807, 2.05) is 30.1 Å². The Morgan fingerprint density at radius 2 is 2.00 bits per heavy atom. The third-order valence-electron chi connectivity index (χ3n) is 6.41. The number of halogens is 1. The molecule has 0 spiro atoms. The van der Waals surface area contributed by atoms with E-state index in [0.29, 0.717) is 16.0 Å². The van der Waals surface area contributed by atoms with Crippen LogP contribution in [0.1, 0.15) is 43.0 Å². The zero-order chi connectivity index (χ0) is 25.4. The molecule has 9 nitrogen and oxygen atoms in total. The van der Waals surface area contributed by atoms with Crippen LogP contribution in [0.5, 0.6) is 0 Å². The predicted octanol–water partition coefficient (Wildman–Crippen LogP) is 4.10. The molecule has 1 N–H and O–H groups in total. The van der Waals surface area contributed by atoms with Gasteiger partial charge in [-0.25, -0.2) is 27.0 Å². The number of hydrogen-bond acceptors (Lipinski definition) is 7. The molecular formula is C24H24FN7O2S2. The fourth-order valence-corrected chi connectivity index (χ4v) is 6.57. The smallest absolute Gasteiger partial charge is 0.208 e. The molecule has 0 unspecified atom stereocenters. The lowest BCUT2D eigenvalue weighted by molar-refractivity contribution is 0.290. The quantitative estimate of drug-likeness (QED) is 0.403.